The topological polar surface area (TPSA) is 49.3 Å². The molecular formula is C14H17F2NO2. The molecule has 0 unspecified atom stereocenters. The Balaban J connectivity index is 2.01. The number of nitrogens with one attached hydrogen (secondary N) is 1. The summed E-state index contributed by atoms with van der Waals surface area (Å²) in [5, 5.41) is 12.1. The van der Waals surface area contributed by atoms with Gasteiger partial charge in [-0.05, 0) is 25.0 Å². The quantitative estimate of drug-likeness (QED) is 0.880. The Bertz CT molecular complexity index is 450. The fourth-order valence-electron chi connectivity index (χ4n) is 2.57. The van der Waals surface area contributed by atoms with Gasteiger partial charge in [-0.25, -0.2) is 8.78 Å². The maximum absolute atomic E-state index is 13.0. The number of hydrogen-bond donors (Lipinski definition) is 2. The van der Waals surface area contributed by atoms with Crippen molar-refractivity contribution in [3.8, 4) is 0 Å². The van der Waals surface area contributed by atoms with E-state index in [1.54, 1.807) is 0 Å². The van der Waals surface area contributed by atoms with Crippen LogP contribution in [0.3, 0.4) is 0 Å². The minimum atomic E-state index is -0.775. The monoisotopic (exact) mass is 269 g/mol. The van der Waals surface area contributed by atoms with E-state index in [0.29, 0.717) is 6.54 Å². The van der Waals surface area contributed by atoms with E-state index in [0.717, 1.165) is 43.9 Å². The molecular weight excluding hydrogens is 252 g/mol. The molecule has 1 aromatic rings. The fourth-order valence-corrected chi connectivity index (χ4v) is 2.57. The van der Waals surface area contributed by atoms with E-state index in [1.807, 2.05) is 0 Å². The summed E-state index contributed by atoms with van der Waals surface area (Å²) in [5.41, 5.74) is -0.315. The molecule has 3 nitrogen and oxygen atoms in total. The Morgan fingerprint density at radius 3 is 2.32 bits per heavy atom. The molecule has 0 atom stereocenters. The second kappa shape index (κ2) is 5.65. The van der Waals surface area contributed by atoms with Crippen LogP contribution < -0.4 is 5.32 Å². The number of aliphatic hydroxyl groups is 1. The Labute approximate surface area is 110 Å². The second-order valence-corrected chi connectivity index (χ2v) is 5.21. The van der Waals surface area contributed by atoms with Crippen molar-refractivity contribution in [3.05, 3.63) is 35.4 Å². The molecule has 0 spiro atoms. The van der Waals surface area contributed by atoms with Crippen molar-refractivity contribution in [2.75, 3.05) is 13.2 Å². The minimum absolute atomic E-state index is 0.0186. The summed E-state index contributed by atoms with van der Waals surface area (Å²) in [5.74, 6) is -2.07. The average molecular weight is 269 g/mol. The van der Waals surface area contributed by atoms with Gasteiger partial charge < -0.3 is 10.4 Å². The lowest BCUT2D eigenvalue weighted by Crippen LogP contribution is -2.38. The first-order chi connectivity index (χ1) is 9.04. The third kappa shape index (κ3) is 3.29. The molecule has 1 aromatic carbocycles. The van der Waals surface area contributed by atoms with Gasteiger partial charge >= 0.3 is 0 Å². The molecule has 0 radical (unpaired) electrons. The Morgan fingerprint density at radius 2 is 1.79 bits per heavy atom. The third-order valence-electron chi connectivity index (χ3n) is 3.75. The van der Waals surface area contributed by atoms with Crippen LogP contribution in [0.15, 0.2) is 18.2 Å². The molecule has 19 heavy (non-hydrogen) atoms. The van der Waals surface area contributed by atoms with Crippen molar-refractivity contribution in [2.24, 2.45) is 5.41 Å². The first kappa shape index (κ1) is 13.9. The maximum Gasteiger partial charge on any atom is 0.251 e. The number of halogens is 2. The summed E-state index contributed by atoms with van der Waals surface area (Å²) in [4.78, 5) is 11.8. The molecule has 1 fully saturated rings. The van der Waals surface area contributed by atoms with E-state index < -0.39 is 17.5 Å². The van der Waals surface area contributed by atoms with Gasteiger partial charge in [-0.15, -0.1) is 0 Å². The highest BCUT2D eigenvalue weighted by atomic mass is 19.1. The van der Waals surface area contributed by atoms with Crippen LogP contribution >= 0.6 is 0 Å². The zero-order valence-electron chi connectivity index (χ0n) is 10.6. The van der Waals surface area contributed by atoms with Gasteiger partial charge in [0.05, 0.1) is 6.61 Å². The highest BCUT2D eigenvalue weighted by molar-refractivity contribution is 5.94. The van der Waals surface area contributed by atoms with E-state index in [-0.39, 0.29) is 17.6 Å². The smallest absolute Gasteiger partial charge is 0.251 e. The van der Waals surface area contributed by atoms with Gasteiger partial charge in [0.2, 0.25) is 0 Å². The predicted octanol–water partition coefficient (Wildman–Crippen LogP) is 2.25. The maximum atomic E-state index is 13.0. The number of carbonyl (C=O) groups is 1. The highest BCUT2D eigenvalue weighted by Gasteiger charge is 2.33. The SMILES string of the molecule is O=C(NCC1(CO)CCCC1)c1cc(F)cc(F)c1. The summed E-state index contributed by atoms with van der Waals surface area (Å²) in [6.45, 7) is 0.352. The number of aliphatic hydroxyl groups excluding tert-OH is 1. The second-order valence-electron chi connectivity index (χ2n) is 5.21. The van der Waals surface area contributed by atoms with Crippen LogP contribution in [0.4, 0.5) is 8.78 Å². The van der Waals surface area contributed by atoms with Crippen molar-refractivity contribution in [1.29, 1.82) is 0 Å². The Morgan fingerprint density at radius 1 is 1.21 bits per heavy atom. The molecule has 1 aliphatic carbocycles. The van der Waals surface area contributed by atoms with Gasteiger partial charge in [-0.2, -0.15) is 0 Å². The highest BCUT2D eigenvalue weighted by Crippen LogP contribution is 2.36. The minimum Gasteiger partial charge on any atom is -0.396 e. The molecule has 1 saturated carbocycles. The van der Waals surface area contributed by atoms with Crippen LogP contribution in [-0.2, 0) is 0 Å². The number of amides is 1. The van der Waals surface area contributed by atoms with Gasteiger partial charge in [0.25, 0.3) is 5.91 Å². The molecule has 0 bridgehead atoms. The molecule has 2 N–H and O–H groups in total. The zero-order valence-corrected chi connectivity index (χ0v) is 10.6. The molecule has 0 aliphatic heterocycles. The van der Waals surface area contributed by atoms with Crippen LogP contribution in [0.2, 0.25) is 0 Å². The van der Waals surface area contributed by atoms with Crippen molar-refractivity contribution >= 4 is 5.91 Å². The first-order valence-electron chi connectivity index (χ1n) is 6.40. The number of benzene rings is 1. The largest absolute Gasteiger partial charge is 0.396 e. The summed E-state index contributed by atoms with van der Waals surface area (Å²) in [6, 6.07) is 2.72. The summed E-state index contributed by atoms with van der Waals surface area (Å²) in [6.07, 6.45) is 3.79. The van der Waals surface area contributed by atoms with Crippen molar-refractivity contribution in [3.63, 3.8) is 0 Å². The van der Waals surface area contributed by atoms with E-state index >= 15 is 0 Å². The molecule has 5 heteroatoms. The third-order valence-corrected chi connectivity index (χ3v) is 3.75. The zero-order chi connectivity index (χ0) is 13.9. The molecule has 0 saturated heterocycles. The van der Waals surface area contributed by atoms with E-state index in [9.17, 15) is 18.7 Å². The summed E-state index contributed by atoms with van der Waals surface area (Å²) in [7, 11) is 0. The van der Waals surface area contributed by atoms with Crippen molar-refractivity contribution in [2.45, 2.75) is 25.7 Å². The van der Waals surface area contributed by atoms with E-state index in [4.69, 9.17) is 0 Å². The Hall–Kier alpha value is -1.49. The predicted molar refractivity (Wildman–Crippen MR) is 66.7 cm³/mol. The number of carbonyl (C=O) groups excluding carboxylic acids is 1. The molecule has 1 amide bonds. The van der Waals surface area contributed by atoms with Crippen LogP contribution in [0, 0.1) is 17.0 Å². The number of hydrogen-bond acceptors (Lipinski definition) is 2. The summed E-state index contributed by atoms with van der Waals surface area (Å²) >= 11 is 0. The standard InChI is InChI=1S/C14H17F2NO2/c15-11-5-10(6-12(16)7-11)13(19)17-8-14(9-18)3-1-2-4-14/h5-7,18H,1-4,8-9H2,(H,17,19). The molecule has 1 aliphatic rings. The van der Waals surface area contributed by atoms with Crippen LogP contribution in [-0.4, -0.2) is 24.2 Å². The lowest BCUT2D eigenvalue weighted by atomic mass is 9.87. The van der Waals surface area contributed by atoms with Crippen molar-refractivity contribution in [1.82, 2.24) is 5.32 Å². The van der Waals surface area contributed by atoms with Crippen LogP contribution in [0.25, 0.3) is 0 Å². The fraction of sp³-hybridized carbons (Fsp3) is 0.500. The van der Waals surface area contributed by atoms with Crippen molar-refractivity contribution < 1.29 is 18.7 Å². The average Bonchev–Trinajstić information content (AvgIpc) is 2.84. The van der Waals surface area contributed by atoms with Gasteiger partial charge in [0, 0.05) is 23.6 Å². The lowest BCUT2D eigenvalue weighted by molar-refractivity contribution is 0.0879. The van der Waals surface area contributed by atoms with E-state index in [1.165, 1.54) is 0 Å². The van der Waals surface area contributed by atoms with Gasteiger partial charge in [-0.1, -0.05) is 12.8 Å². The van der Waals surface area contributed by atoms with Gasteiger partial charge in [0.1, 0.15) is 11.6 Å². The summed E-state index contributed by atoms with van der Waals surface area (Å²) < 4.78 is 26.0. The van der Waals surface area contributed by atoms with Crippen LogP contribution in [0.5, 0.6) is 0 Å². The lowest BCUT2D eigenvalue weighted by Gasteiger charge is -2.26. The first-order valence-corrected chi connectivity index (χ1v) is 6.40. The molecule has 2 rings (SSSR count). The molecule has 0 heterocycles. The van der Waals surface area contributed by atoms with Gasteiger partial charge in [0.15, 0.2) is 0 Å². The van der Waals surface area contributed by atoms with Crippen LogP contribution in [0.1, 0.15) is 36.0 Å². The number of rotatable bonds is 4. The van der Waals surface area contributed by atoms with E-state index in [2.05, 4.69) is 5.32 Å². The Kier molecular flexibility index (Phi) is 4.14. The van der Waals surface area contributed by atoms with Gasteiger partial charge in [-0.3, -0.25) is 4.79 Å². The molecule has 0 aromatic heterocycles. The molecule has 104 valence electrons. The normalized spacial score (nSPS) is 17.4.